The van der Waals surface area contributed by atoms with Gasteiger partial charge in [-0.05, 0) is 31.6 Å². The van der Waals surface area contributed by atoms with E-state index in [9.17, 15) is 5.11 Å². The average Bonchev–Trinajstić information content (AvgIpc) is 2.18. The summed E-state index contributed by atoms with van der Waals surface area (Å²) in [4.78, 5) is 0. The van der Waals surface area contributed by atoms with Crippen LogP contribution in [0.4, 0.5) is 0 Å². The van der Waals surface area contributed by atoms with E-state index in [0.29, 0.717) is 0 Å². The number of unbranched alkanes of at least 4 members (excludes halogenated alkanes) is 2. The summed E-state index contributed by atoms with van der Waals surface area (Å²) in [5.74, 6) is 0.717. The molecule has 84 valence electrons. The van der Waals surface area contributed by atoms with E-state index >= 15 is 0 Å². The van der Waals surface area contributed by atoms with Crippen molar-refractivity contribution in [3.05, 3.63) is 0 Å². The highest BCUT2D eigenvalue weighted by molar-refractivity contribution is 4.78. The molecule has 2 nitrogen and oxygen atoms in total. The van der Waals surface area contributed by atoms with Gasteiger partial charge >= 0.3 is 0 Å². The third kappa shape index (κ3) is 3.97. The Morgan fingerprint density at radius 3 is 2.79 bits per heavy atom. The van der Waals surface area contributed by atoms with Crippen LogP contribution in [0.15, 0.2) is 0 Å². The molecule has 0 aromatic rings. The first kappa shape index (κ1) is 12.0. The van der Waals surface area contributed by atoms with E-state index in [4.69, 9.17) is 4.74 Å². The first-order chi connectivity index (χ1) is 6.74. The average molecular weight is 200 g/mol. The molecule has 0 heterocycles. The van der Waals surface area contributed by atoms with E-state index < -0.39 is 0 Å². The SMILES string of the molecule is CCCCCOC1CC(C)CCC1O. The predicted octanol–water partition coefficient (Wildman–Crippen LogP) is 2.74. The van der Waals surface area contributed by atoms with Gasteiger partial charge in [-0.15, -0.1) is 0 Å². The van der Waals surface area contributed by atoms with E-state index in [2.05, 4.69) is 13.8 Å². The second-order valence-corrected chi connectivity index (χ2v) is 4.60. The molecule has 14 heavy (non-hydrogen) atoms. The molecule has 1 rings (SSSR count). The van der Waals surface area contributed by atoms with E-state index in [1.807, 2.05) is 0 Å². The van der Waals surface area contributed by atoms with Crippen molar-refractivity contribution in [2.45, 2.75) is 64.6 Å². The maximum Gasteiger partial charge on any atom is 0.0836 e. The summed E-state index contributed by atoms with van der Waals surface area (Å²) in [5.41, 5.74) is 0. The van der Waals surface area contributed by atoms with Gasteiger partial charge in [0.2, 0.25) is 0 Å². The number of hydrogen-bond acceptors (Lipinski definition) is 2. The Balaban J connectivity index is 2.14. The molecule has 1 saturated carbocycles. The lowest BCUT2D eigenvalue weighted by atomic mass is 9.86. The van der Waals surface area contributed by atoms with E-state index in [1.54, 1.807) is 0 Å². The number of aliphatic hydroxyl groups excluding tert-OH is 1. The van der Waals surface area contributed by atoms with Crippen molar-refractivity contribution in [3.63, 3.8) is 0 Å². The van der Waals surface area contributed by atoms with Gasteiger partial charge in [0.25, 0.3) is 0 Å². The van der Waals surface area contributed by atoms with Gasteiger partial charge in [-0.1, -0.05) is 26.7 Å². The molecule has 0 saturated heterocycles. The van der Waals surface area contributed by atoms with Crippen LogP contribution >= 0.6 is 0 Å². The maximum absolute atomic E-state index is 9.72. The molecular weight excluding hydrogens is 176 g/mol. The molecule has 1 aliphatic rings. The van der Waals surface area contributed by atoms with Gasteiger partial charge in [0.1, 0.15) is 0 Å². The molecule has 3 atom stereocenters. The largest absolute Gasteiger partial charge is 0.390 e. The molecule has 0 amide bonds. The van der Waals surface area contributed by atoms with Gasteiger partial charge < -0.3 is 9.84 Å². The molecule has 0 aliphatic heterocycles. The van der Waals surface area contributed by atoms with Crippen LogP contribution in [0.1, 0.15) is 52.4 Å². The van der Waals surface area contributed by atoms with Crippen LogP contribution in [-0.2, 0) is 4.74 Å². The summed E-state index contributed by atoms with van der Waals surface area (Å²) in [6, 6.07) is 0. The molecule has 1 N–H and O–H groups in total. The van der Waals surface area contributed by atoms with E-state index in [0.717, 1.165) is 38.2 Å². The van der Waals surface area contributed by atoms with Crippen molar-refractivity contribution < 1.29 is 9.84 Å². The summed E-state index contributed by atoms with van der Waals surface area (Å²) in [5, 5.41) is 9.72. The second kappa shape index (κ2) is 6.41. The summed E-state index contributed by atoms with van der Waals surface area (Å²) >= 11 is 0. The molecule has 0 spiro atoms. The Bertz CT molecular complexity index is 147. The Hall–Kier alpha value is -0.0800. The molecule has 0 aromatic heterocycles. The molecule has 2 heteroatoms. The molecule has 0 aromatic carbocycles. The molecule has 1 aliphatic carbocycles. The molecule has 0 radical (unpaired) electrons. The van der Waals surface area contributed by atoms with Crippen LogP contribution in [0.25, 0.3) is 0 Å². The Kier molecular flexibility index (Phi) is 5.49. The number of rotatable bonds is 5. The highest BCUT2D eigenvalue weighted by atomic mass is 16.5. The Morgan fingerprint density at radius 2 is 2.07 bits per heavy atom. The quantitative estimate of drug-likeness (QED) is 0.691. The fraction of sp³-hybridized carbons (Fsp3) is 1.00. The van der Waals surface area contributed by atoms with E-state index in [-0.39, 0.29) is 12.2 Å². The smallest absolute Gasteiger partial charge is 0.0836 e. The van der Waals surface area contributed by atoms with Gasteiger partial charge in [-0.3, -0.25) is 0 Å². The van der Waals surface area contributed by atoms with Crippen LogP contribution in [0, 0.1) is 5.92 Å². The van der Waals surface area contributed by atoms with Crippen molar-refractivity contribution >= 4 is 0 Å². The van der Waals surface area contributed by atoms with Gasteiger partial charge in [0, 0.05) is 6.61 Å². The van der Waals surface area contributed by atoms with Gasteiger partial charge in [0.05, 0.1) is 12.2 Å². The first-order valence-electron chi connectivity index (χ1n) is 6.03. The van der Waals surface area contributed by atoms with Gasteiger partial charge in [0.15, 0.2) is 0 Å². The highest BCUT2D eigenvalue weighted by Gasteiger charge is 2.27. The summed E-state index contributed by atoms with van der Waals surface area (Å²) < 4.78 is 5.72. The van der Waals surface area contributed by atoms with Crippen LogP contribution in [0.2, 0.25) is 0 Å². The Labute approximate surface area is 87.7 Å². The third-order valence-corrected chi connectivity index (χ3v) is 3.10. The number of ether oxygens (including phenoxy) is 1. The molecule has 1 fully saturated rings. The number of aliphatic hydroxyl groups is 1. The van der Waals surface area contributed by atoms with Crippen molar-refractivity contribution in [1.29, 1.82) is 0 Å². The third-order valence-electron chi connectivity index (χ3n) is 3.10. The lowest BCUT2D eigenvalue weighted by Gasteiger charge is -2.31. The standard InChI is InChI=1S/C12H24O2/c1-3-4-5-8-14-12-9-10(2)6-7-11(12)13/h10-13H,3-9H2,1-2H3. The molecular formula is C12H24O2. The zero-order valence-electron chi connectivity index (χ0n) is 9.54. The predicted molar refractivity (Wildman–Crippen MR) is 58.3 cm³/mol. The topological polar surface area (TPSA) is 29.5 Å². The van der Waals surface area contributed by atoms with Crippen LogP contribution < -0.4 is 0 Å². The zero-order valence-corrected chi connectivity index (χ0v) is 9.54. The zero-order chi connectivity index (χ0) is 10.4. The molecule has 0 bridgehead atoms. The fourth-order valence-electron chi connectivity index (χ4n) is 2.08. The van der Waals surface area contributed by atoms with E-state index in [1.165, 1.54) is 12.8 Å². The highest BCUT2D eigenvalue weighted by Crippen LogP contribution is 2.26. The summed E-state index contributed by atoms with van der Waals surface area (Å²) in [7, 11) is 0. The minimum absolute atomic E-state index is 0.107. The van der Waals surface area contributed by atoms with Gasteiger partial charge in [-0.25, -0.2) is 0 Å². The van der Waals surface area contributed by atoms with Crippen LogP contribution in [0.5, 0.6) is 0 Å². The van der Waals surface area contributed by atoms with Crippen molar-refractivity contribution in [3.8, 4) is 0 Å². The lowest BCUT2D eigenvalue weighted by molar-refractivity contribution is -0.0701. The maximum atomic E-state index is 9.72. The fourth-order valence-corrected chi connectivity index (χ4v) is 2.08. The normalized spacial score (nSPS) is 33.2. The van der Waals surface area contributed by atoms with Crippen molar-refractivity contribution in [2.24, 2.45) is 5.92 Å². The summed E-state index contributed by atoms with van der Waals surface area (Å²) in [6.45, 7) is 5.26. The molecule has 3 unspecified atom stereocenters. The monoisotopic (exact) mass is 200 g/mol. The Morgan fingerprint density at radius 1 is 1.29 bits per heavy atom. The second-order valence-electron chi connectivity index (χ2n) is 4.60. The minimum atomic E-state index is -0.215. The summed E-state index contributed by atoms with van der Waals surface area (Å²) in [6.07, 6.45) is 6.59. The van der Waals surface area contributed by atoms with Crippen molar-refractivity contribution in [2.75, 3.05) is 6.61 Å². The minimum Gasteiger partial charge on any atom is -0.390 e. The number of hydrogen-bond donors (Lipinski definition) is 1. The first-order valence-corrected chi connectivity index (χ1v) is 6.03. The van der Waals surface area contributed by atoms with Crippen molar-refractivity contribution in [1.82, 2.24) is 0 Å². The lowest BCUT2D eigenvalue weighted by Crippen LogP contribution is -2.35. The van der Waals surface area contributed by atoms with Crippen LogP contribution in [-0.4, -0.2) is 23.9 Å². The van der Waals surface area contributed by atoms with Gasteiger partial charge in [-0.2, -0.15) is 0 Å². The van der Waals surface area contributed by atoms with Crippen LogP contribution in [0.3, 0.4) is 0 Å².